The average Bonchev–Trinajstić information content (AvgIpc) is 2.53. The van der Waals surface area contributed by atoms with Crippen LogP contribution >= 0.6 is 0 Å². The number of benzene rings is 2. The molecular formula is C16H17N3O4. The fourth-order valence-electron chi connectivity index (χ4n) is 2.03. The standard InChI is InChI=1S/C16H17N3O4/c1-18(2)13-8-4-3-7-12(13)17-16(20)11-23-15-10-6-5-9-14(15)19(21)22/h3-10H,11H2,1-2H3,(H,17,20). The molecule has 1 N–H and O–H groups in total. The lowest BCUT2D eigenvalue weighted by Gasteiger charge is -2.17. The van der Waals surface area contributed by atoms with E-state index in [-0.39, 0.29) is 18.0 Å². The third-order valence-corrected chi connectivity index (χ3v) is 3.08. The molecule has 0 saturated carbocycles. The molecule has 0 atom stereocenters. The van der Waals surface area contributed by atoms with Crippen molar-refractivity contribution in [1.82, 2.24) is 0 Å². The predicted octanol–water partition coefficient (Wildman–Crippen LogP) is 2.68. The summed E-state index contributed by atoms with van der Waals surface area (Å²) < 4.78 is 5.27. The summed E-state index contributed by atoms with van der Waals surface area (Å²) in [5, 5.41) is 13.6. The van der Waals surface area contributed by atoms with Crippen molar-refractivity contribution in [3.8, 4) is 5.75 Å². The molecule has 23 heavy (non-hydrogen) atoms. The van der Waals surface area contributed by atoms with Crippen molar-refractivity contribution < 1.29 is 14.5 Å². The first kappa shape index (κ1) is 16.3. The Labute approximate surface area is 133 Å². The fraction of sp³-hybridized carbons (Fsp3) is 0.188. The number of nitrogens with zero attached hydrogens (tertiary/aromatic N) is 2. The lowest BCUT2D eigenvalue weighted by Crippen LogP contribution is -2.22. The summed E-state index contributed by atoms with van der Waals surface area (Å²) >= 11 is 0. The molecule has 0 aromatic heterocycles. The van der Waals surface area contributed by atoms with Crippen LogP contribution in [0.5, 0.6) is 5.75 Å². The van der Waals surface area contributed by atoms with Gasteiger partial charge in [0.1, 0.15) is 0 Å². The van der Waals surface area contributed by atoms with Crippen molar-refractivity contribution >= 4 is 23.0 Å². The quantitative estimate of drug-likeness (QED) is 0.654. The zero-order valence-corrected chi connectivity index (χ0v) is 12.9. The maximum absolute atomic E-state index is 12.0. The van der Waals surface area contributed by atoms with Crippen LogP contribution in [-0.4, -0.2) is 31.5 Å². The van der Waals surface area contributed by atoms with Crippen molar-refractivity contribution in [2.45, 2.75) is 0 Å². The highest BCUT2D eigenvalue weighted by Crippen LogP contribution is 2.26. The van der Waals surface area contributed by atoms with Gasteiger partial charge in [0.2, 0.25) is 0 Å². The molecule has 0 aliphatic carbocycles. The number of rotatable bonds is 6. The summed E-state index contributed by atoms with van der Waals surface area (Å²) in [6, 6.07) is 13.3. The summed E-state index contributed by atoms with van der Waals surface area (Å²) in [6.07, 6.45) is 0. The van der Waals surface area contributed by atoms with Gasteiger partial charge in [0.15, 0.2) is 12.4 Å². The van der Waals surface area contributed by atoms with Crippen LogP contribution in [0.15, 0.2) is 48.5 Å². The highest BCUT2D eigenvalue weighted by Gasteiger charge is 2.15. The zero-order chi connectivity index (χ0) is 16.8. The van der Waals surface area contributed by atoms with Crippen molar-refractivity contribution in [2.24, 2.45) is 0 Å². The molecule has 0 bridgehead atoms. The maximum atomic E-state index is 12.0. The van der Waals surface area contributed by atoms with Crippen LogP contribution in [0.1, 0.15) is 0 Å². The van der Waals surface area contributed by atoms with Crippen molar-refractivity contribution in [3.05, 3.63) is 58.6 Å². The number of anilines is 2. The van der Waals surface area contributed by atoms with Crippen LogP contribution in [0.25, 0.3) is 0 Å². The van der Waals surface area contributed by atoms with Crippen molar-refractivity contribution in [1.29, 1.82) is 0 Å². The van der Waals surface area contributed by atoms with Crippen molar-refractivity contribution in [2.75, 3.05) is 30.9 Å². The smallest absolute Gasteiger partial charge is 0.310 e. The van der Waals surface area contributed by atoms with Gasteiger partial charge in [-0.3, -0.25) is 14.9 Å². The highest BCUT2D eigenvalue weighted by molar-refractivity contribution is 5.95. The minimum atomic E-state index is -0.547. The first-order valence-corrected chi connectivity index (χ1v) is 6.91. The van der Waals surface area contributed by atoms with Crippen LogP contribution in [0.2, 0.25) is 0 Å². The van der Waals surface area contributed by atoms with Gasteiger partial charge in [-0.1, -0.05) is 24.3 Å². The van der Waals surface area contributed by atoms with E-state index in [2.05, 4.69) is 5.32 Å². The molecule has 2 aromatic rings. The minimum absolute atomic E-state index is 0.0635. The number of hydrogen-bond acceptors (Lipinski definition) is 5. The van der Waals surface area contributed by atoms with Crippen LogP contribution in [0.3, 0.4) is 0 Å². The molecular weight excluding hydrogens is 298 g/mol. The summed E-state index contributed by atoms with van der Waals surface area (Å²) in [5.41, 5.74) is 1.33. The van der Waals surface area contributed by atoms with E-state index in [9.17, 15) is 14.9 Å². The fourth-order valence-corrected chi connectivity index (χ4v) is 2.03. The number of hydrogen-bond donors (Lipinski definition) is 1. The largest absolute Gasteiger partial charge is 0.477 e. The second-order valence-corrected chi connectivity index (χ2v) is 4.97. The molecule has 0 aliphatic heterocycles. The second kappa shape index (κ2) is 7.26. The van der Waals surface area contributed by atoms with Crippen LogP contribution in [0, 0.1) is 10.1 Å². The molecule has 7 heteroatoms. The molecule has 0 spiro atoms. The number of ether oxygens (including phenoxy) is 1. The monoisotopic (exact) mass is 315 g/mol. The van der Waals surface area contributed by atoms with E-state index in [0.717, 1.165) is 5.69 Å². The Morgan fingerprint density at radius 2 is 1.83 bits per heavy atom. The van der Waals surface area contributed by atoms with Gasteiger partial charge in [-0.25, -0.2) is 0 Å². The Bertz CT molecular complexity index is 716. The van der Waals surface area contributed by atoms with Gasteiger partial charge in [-0.2, -0.15) is 0 Å². The van der Waals surface area contributed by atoms with E-state index in [0.29, 0.717) is 5.69 Å². The number of nitrogens with one attached hydrogen (secondary N) is 1. The Hall–Kier alpha value is -3.09. The molecule has 0 unspecified atom stereocenters. The number of para-hydroxylation sites is 4. The molecule has 0 heterocycles. The van der Waals surface area contributed by atoms with Gasteiger partial charge in [0.05, 0.1) is 16.3 Å². The summed E-state index contributed by atoms with van der Waals surface area (Å²) in [6.45, 7) is -0.313. The zero-order valence-electron chi connectivity index (χ0n) is 12.9. The van der Waals surface area contributed by atoms with E-state index in [1.807, 2.05) is 37.2 Å². The molecule has 2 aromatic carbocycles. The van der Waals surface area contributed by atoms with E-state index < -0.39 is 10.8 Å². The van der Waals surface area contributed by atoms with Gasteiger partial charge < -0.3 is 15.0 Å². The lowest BCUT2D eigenvalue weighted by atomic mass is 10.2. The molecule has 0 saturated heterocycles. The number of nitro benzene ring substituents is 1. The molecule has 0 fully saturated rings. The third kappa shape index (κ3) is 4.19. The van der Waals surface area contributed by atoms with E-state index >= 15 is 0 Å². The topological polar surface area (TPSA) is 84.7 Å². The first-order chi connectivity index (χ1) is 11.0. The Morgan fingerprint density at radius 3 is 2.52 bits per heavy atom. The van der Waals surface area contributed by atoms with E-state index in [1.165, 1.54) is 12.1 Å². The van der Waals surface area contributed by atoms with Crippen LogP contribution in [0.4, 0.5) is 17.1 Å². The highest BCUT2D eigenvalue weighted by atomic mass is 16.6. The number of carbonyl (C=O) groups is 1. The number of carbonyl (C=O) groups excluding carboxylic acids is 1. The van der Waals surface area contributed by atoms with Crippen LogP contribution in [-0.2, 0) is 4.79 Å². The molecule has 0 radical (unpaired) electrons. The van der Waals surface area contributed by atoms with E-state index in [4.69, 9.17) is 4.74 Å². The number of nitro groups is 1. The van der Waals surface area contributed by atoms with Crippen LogP contribution < -0.4 is 15.0 Å². The van der Waals surface area contributed by atoms with E-state index in [1.54, 1.807) is 18.2 Å². The molecule has 7 nitrogen and oxygen atoms in total. The van der Waals surface area contributed by atoms with Crippen molar-refractivity contribution in [3.63, 3.8) is 0 Å². The lowest BCUT2D eigenvalue weighted by molar-refractivity contribution is -0.385. The minimum Gasteiger partial charge on any atom is -0.477 e. The number of amides is 1. The normalized spacial score (nSPS) is 10.0. The maximum Gasteiger partial charge on any atom is 0.310 e. The molecule has 2 rings (SSSR count). The van der Waals surface area contributed by atoms with Gasteiger partial charge in [-0.15, -0.1) is 0 Å². The molecule has 1 amide bonds. The Kier molecular flexibility index (Phi) is 5.14. The van der Waals surface area contributed by atoms with Gasteiger partial charge in [-0.05, 0) is 18.2 Å². The Morgan fingerprint density at radius 1 is 1.17 bits per heavy atom. The summed E-state index contributed by atoms with van der Waals surface area (Å²) in [7, 11) is 3.74. The van der Waals surface area contributed by atoms with Gasteiger partial charge in [0.25, 0.3) is 5.91 Å². The van der Waals surface area contributed by atoms with Gasteiger partial charge >= 0.3 is 5.69 Å². The third-order valence-electron chi connectivity index (χ3n) is 3.08. The molecule has 0 aliphatic rings. The average molecular weight is 315 g/mol. The first-order valence-electron chi connectivity index (χ1n) is 6.91. The molecule has 120 valence electrons. The summed E-state index contributed by atoms with van der Waals surface area (Å²) in [4.78, 5) is 24.2. The van der Waals surface area contributed by atoms with Gasteiger partial charge in [0, 0.05) is 20.2 Å². The second-order valence-electron chi connectivity index (χ2n) is 4.97. The predicted molar refractivity (Wildman–Crippen MR) is 88.0 cm³/mol. The SMILES string of the molecule is CN(C)c1ccccc1NC(=O)COc1ccccc1[N+](=O)[O-]. The Balaban J connectivity index is 2.03. The summed E-state index contributed by atoms with van der Waals surface area (Å²) in [5.74, 6) is -0.328.